The van der Waals surface area contributed by atoms with E-state index in [1.807, 2.05) is 32.0 Å². The minimum Gasteiger partial charge on any atom is -0.386 e. The average molecular weight is 358 g/mol. The zero-order chi connectivity index (χ0) is 18.6. The van der Waals surface area contributed by atoms with Crippen LogP contribution in [0.15, 0.2) is 28.9 Å². The Morgan fingerprint density at radius 3 is 2.96 bits per heavy atom. The van der Waals surface area contributed by atoms with E-state index in [-0.39, 0.29) is 12.5 Å². The molecule has 3 heterocycles. The number of amides is 1. The van der Waals surface area contributed by atoms with Gasteiger partial charge in [0.2, 0.25) is 5.91 Å². The number of pyridine rings is 1. The van der Waals surface area contributed by atoms with Gasteiger partial charge < -0.3 is 19.8 Å². The number of nitrogens with one attached hydrogen (secondary N) is 1. The summed E-state index contributed by atoms with van der Waals surface area (Å²) >= 11 is 0. The van der Waals surface area contributed by atoms with Crippen molar-refractivity contribution in [1.82, 2.24) is 15.5 Å². The van der Waals surface area contributed by atoms with Crippen molar-refractivity contribution in [3.8, 4) is 0 Å². The van der Waals surface area contributed by atoms with Crippen LogP contribution in [0.4, 0.5) is 5.82 Å². The average Bonchev–Trinajstić information content (AvgIpc) is 2.97. The Balaban J connectivity index is 1.50. The zero-order valence-corrected chi connectivity index (χ0v) is 15.4. The van der Waals surface area contributed by atoms with Crippen LogP contribution < -0.4 is 10.2 Å². The quantitative estimate of drug-likeness (QED) is 0.818. The van der Waals surface area contributed by atoms with Crippen molar-refractivity contribution in [2.75, 3.05) is 24.5 Å². The van der Waals surface area contributed by atoms with E-state index >= 15 is 0 Å². The van der Waals surface area contributed by atoms with Gasteiger partial charge >= 0.3 is 0 Å². The zero-order valence-electron chi connectivity index (χ0n) is 15.4. The van der Waals surface area contributed by atoms with Crippen LogP contribution >= 0.6 is 0 Å². The summed E-state index contributed by atoms with van der Waals surface area (Å²) in [6.07, 6.45) is 4.22. The first-order valence-electron chi connectivity index (χ1n) is 9.04. The molecule has 2 N–H and O–H groups in total. The van der Waals surface area contributed by atoms with Gasteiger partial charge in [-0.3, -0.25) is 4.79 Å². The number of aryl methyl sites for hydroxylation is 2. The molecule has 1 fully saturated rings. The number of nitrogens with zero attached hydrogens (tertiary/aromatic N) is 3. The van der Waals surface area contributed by atoms with E-state index in [0.717, 1.165) is 35.8 Å². The van der Waals surface area contributed by atoms with Crippen LogP contribution in [0.3, 0.4) is 0 Å². The summed E-state index contributed by atoms with van der Waals surface area (Å²) in [5, 5.41) is 17.7. The van der Waals surface area contributed by atoms with Crippen molar-refractivity contribution in [2.24, 2.45) is 0 Å². The van der Waals surface area contributed by atoms with Crippen molar-refractivity contribution in [3.05, 3.63) is 41.4 Å². The molecule has 2 aromatic heterocycles. The fraction of sp³-hybridized carbons (Fsp3) is 0.526. The van der Waals surface area contributed by atoms with E-state index < -0.39 is 5.60 Å². The van der Waals surface area contributed by atoms with Crippen LogP contribution in [0.1, 0.15) is 36.3 Å². The summed E-state index contributed by atoms with van der Waals surface area (Å²) < 4.78 is 5.12. The van der Waals surface area contributed by atoms with Crippen molar-refractivity contribution >= 4 is 11.7 Å². The molecular formula is C19H26N4O3. The first kappa shape index (κ1) is 18.4. The number of piperidine rings is 1. The van der Waals surface area contributed by atoms with E-state index in [0.29, 0.717) is 25.8 Å². The molecule has 7 heteroatoms. The third-order valence-electron chi connectivity index (χ3n) is 4.93. The van der Waals surface area contributed by atoms with Gasteiger partial charge in [0.25, 0.3) is 0 Å². The van der Waals surface area contributed by atoms with E-state index in [1.165, 1.54) is 0 Å². The topological polar surface area (TPSA) is 91.5 Å². The predicted molar refractivity (Wildman–Crippen MR) is 97.9 cm³/mol. The van der Waals surface area contributed by atoms with Crippen molar-refractivity contribution in [2.45, 2.75) is 45.1 Å². The lowest BCUT2D eigenvalue weighted by molar-refractivity contribution is -0.122. The number of aromatic nitrogens is 2. The van der Waals surface area contributed by atoms with Crippen LogP contribution in [0, 0.1) is 13.8 Å². The molecule has 1 saturated heterocycles. The Hall–Kier alpha value is -2.41. The number of aliphatic hydroxyl groups is 1. The number of rotatable bonds is 6. The standard InChI is InChI=1S/C19H26N4O3/c1-14-16(15(2)26-22-14)7-8-18(24)21-12-19(25)9-5-11-23(13-19)17-6-3-4-10-20-17/h3-4,6,10,25H,5,7-9,11-13H2,1-2H3,(H,21,24). The molecule has 1 amide bonds. The number of hydrogen-bond donors (Lipinski definition) is 2. The maximum Gasteiger partial charge on any atom is 0.220 e. The van der Waals surface area contributed by atoms with Crippen molar-refractivity contribution < 1.29 is 14.4 Å². The van der Waals surface area contributed by atoms with Gasteiger partial charge in [-0.05, 0) is 45.2 Å². The Bertz CT molecular complexity index is 727. The SMILES string of the molecule is Cc1noc(C)c1CCC(=O)NCC1(O)CCCN(c2ccccn2)C1. The maximum atomic E-state index is 12.2. The summed E-state index contributed by atoms with van der Waals surface area (Å²) in [6, 6.07) is 5.75. The van der Waals surface area contributed by atoms with Crippen LogP contribution in [-0.4, -0.2) is 46.4 Å². The Labute approximate surface area is 153 Å². The second-order valence-corrected chi connectivity index (χ2v) is 7.02. The molecule has 0 radical (unpaired) electrons. The normalized spacial score (nSPS) is 20.2. The number of carbonyl (C=O) groups is 1. The van der Waals surface area contributed by atoms with Gasteiger partial charge in [0, 0.05) is 37.8 Å². The van der Waals surface area contributed by atoms with Gasteiger partial charge in [0.1, 0.15) is 11.6 Å². The summed E-state index contributed by atoms with van der Waals surface area (Å²) in [5.74, 6) is 1.54. The molecule has 140 valence electrons. The number of hydrogen-bond acceptors (Lipinski definition) is 6. The monoisotopic (exact) mass is 358 g/mol. The van der Waals surface area contributed by atoms with Crippen LogP contribution in [-0.2, 0) is 11.2 Å². The van der Waals surface area contributed by atoms with Crippen LogP contribution in [0.2, 0.25) is 0 Å². The van der Waals surface area contributed by atoms with Gasteiger partial charge in [-0.1, -0.05) is 11.2 Å². The summed E-state index contributed by atoms with van der Waals surface area (Å²) in [6.45, 7) is 5.30. The van der Waals surface area contributed by atoms with Crippen molar-refractivity contribution in [1.29, 1.82) is 0 Å². The molecule has 1 aliphatic heterocycles. The molecule has 0 bridgehead atoms. The molecule has 3 rings (SSSR count). The summed E-state index contributed by atoms with van der Waals surface area (Å²) in [7, 11) is 0. The first-order chi connectivity index (χ1) is 12.5. The molecular weight excluding hydrogens is 332 g/mol. The number of β-amino-alcohol motifs (C(OH)–C–C–N with tert-alkyl or cyclic N) is 1. The van der Waals surface area contributed by atoms with Crippen molar-refractivity contribution in [3.63, 3.8) is 0 Å². The lowest BCUT2D eigenvalue weighted by Gasteiger charge is -2.39. The Morgan fingerprint density at radius 2 is 2.27 bits per heavy atom. The van der Waals surface area contributed by atoms with Gasteiger partial charge in [-0.2, -0.15) is 0 Å². The molecule has 0 aromatic carbocycles. The molecule has 1 aliphatic rings. The van der Waals surface area contributed by atoms with E-state index in [9.17, 15) is 9.90 Å². The molecule has 26 heavy (non-hydrogen) atoms. The lowest BCUT2D eigenvalue weighted by atomic mass is 9.92. The van der Waals surface area contributed by atoms with Gasteiger partial charge in [-0.15, -0.1) is 0 Å². The fourth-order valence-corrected chi connectivity index (χ4v) is 3.44. The maximum absolute atomic E-state index is 12.2. The smallest absolute Gasteiger partial charge is 0.220 e. The Morgan fingerprint density at radius 1 is 1.42 bits per heavy atom. The van der Waals surface area contributed by atoms with Crippen LogP contribution in [0.25, 0.3) is 0 Å². The highest BCUT2D eigenvalue weighted by Crippen LogP contribution is 2.24. The second-order valence-electron chi connectivity index (χ2n) is 7.02. The third kappa shape index (κ3) is 4.40. The number of anilines is 1. The summed E-state index contributed by atoms with van der Waals surface area (Å²) in [4.78, 5) is 18.6. The van der Waals surface area contributed by atoms with E-state index in [1.54, 1.807) is 6.20 Å². The fourth-order valence-electron chi connectivity index (χ4n) is 3.44. The predicted octanol–water partition coefficient (Wildman–Crippen LogP) is 1.77. The van der Waals surface area contributed by atoms with Crippen LogP contribution in [0.5, 0.6) is 0 Å². The van der Waals surface area contributed by atoms with Gasteiger partial charge in [-0.25, -0.2) is 4.98 Å². The molecule has 0 saturated carbocycles. The van der Waals surface area contributed by atoms with Gasteiger partial charge in [0.15, 0.2) is 0 Å². The number of carbonyl (C=O) groups excluding carboxylic acids is 1. The molecule has 1 unspecified atom stereocenters. The highest BCUT2D eigenvalue weighted by Gasteiger charge is 2.34. The minimum absolute atomic E-state index is 0.0756. The van der Waals surface area contributed by atoms with E-state index in [2.05, 4.69) is 20.4 Å². The first-order valence-corrected chi connectivity index (χ1v) is 9.04. The minimum atomic E-state index is -0.936. The largest absolute Gasteiger partial charge is 0.386 e. The molecule has 0 spiro atoms. The lowest BCUT2D eigenvalue weighted by Crippen LogP contribution is -2.54. The third-order valence-corrected chi connectivity index (χ3v) is 4.93. The highest BCUT2D eigenvalue weighted by atomic mass is 16.5. The van der Waals surface area contributed by atoms with Gasteiger partial charge in [0.05, 0.1) is 11.3 Å². The Kier molecular flexibility index (Phi) is 5.56. The molecule has 0 aliphatic carbocycles. The molecule has 1 atom stereocenters. The summed E-state index contributed by atoms with van der Waals surface area (Å²) in [5.41, 5.74) is 0.874. The second kappa shape index (κ2) is 7.86. The van der Waals surface area contributed by atoms with E-state index in [4.69, 9.17) is 4.52 Å². The molecule has 7 nitrogen and oxygen atoms in total. The highest BCUT2D eigenvalue weighted by molar-refractivity contribution is 5.76. The molecule has 2 aromatic rings.